The van der Waals surface area contributed by atoms with E-state index in [4.69, 9.17) is 14.2 Å². The molecule has 5 nitrogen and oxygen atoms in total. The topological polar surface area (TPSA) is 56.8 Å². The van der Waals surface area contributed by atoms with Crippen LogP contribution in [-0.2, 0) is 16.1 Å². The Kier molecular flexibility index (Phi) is 5.90. The molecular weight excluding hydrogens is 318 g/mol. The molecule has 0 fully saturated rings. The average Bonchev–Trinajstić information content (AvgIpc) is 2.64. The number of carbonyl (C=O) groups is 1. The maximum atomic E-state index is 12.3. The first kappa shape index (κ1) is 17.3. The Hall–Kier alpha value is -2.53. The molecule has 0 saturated heterocycles. The predicted molar refractivity (Wildman–Crippen MR) is 94.7 cm³/mol. The van der Waals surface area contributed by atoms with Gasteiger partial charge in [-0.1, -0.05) is 42.5 Å². The van der Waals surface area contributed by atoms with Crippen LogP contribution >= 0.6 is 0 Å². The molecule has 2 atom stereocenters. The third-order valence-corrected chi connectivity index (χ3v) is 3.98. The lowest BCUT2D eigenvalue weighted by atomic mass is 10.1. The zero-order valence-corrected chi connectivity index (χ0v) is 14.3. The van der Waals surface area contributed by atoms with Crippen LogP contribution in [0.15, 0.2) is 54.6 Å². The molecule has 5 heteroatoms. The minimum atomic E-state index is -0.639. The van der Waals surface area contributed by atoms with E-state index in [1.54, 1.807) is 6.07 Å². The summed E-state index contributed by atoms with van der Waals surface area (Å²) in [7, 11) is 0. The smallest absolute Gasteiger partial charge is 0.265 e. The van der Waals surface area contributed by atoms with E-state index in [1.807, 2.05) is 55.5 Å². The molecule has 1 aliphatic rings. The third-order valence-electron chi connectivity index (χ3n) is 3.98. The van der Waals surface area contributed by atoms with Gasteiger partial charge in [-0.25, -0.2) is 0 Å². The first-order valence-corrected chi connectivity index (χ1v) is 8.56. The molecule has 1 heterocycles. The summed E-state index contributed by atoms with van der Waals surface area (Å²) < 4.78 is 17.1. The number of rotatable bonds is 7. The number of nitrogens with one attached hydrogen (secondary N) is 1. The SMILES string of the molecule is C[C@H]1Oc2ccccc2O[C@@H]1C(=O)NCCCOCc1ccccc1. The Morgan fingerprint density at radius 1 is 1.04 bits per heavy atom. The molecule has 0 aromatic heterocycles. The minimum absolute atomic E-state index is 0.162. The normalized spacial score (nSPS) is 18.6. The lowest BCUT2D eigenvalue weighted by molar-refractivity contribution is -0.133. The van der Waals surface area contributed by atoms with Gasteiger partial charge in [0.05, 0.1) is 6.61 Å². The Balaban J connectivity index is 1.37. The number of ether oxygens (including phenoxy) is 3. The monoisotopic (exact) mass is 341 g/mol. The number of amides is 1. The Morgan fingerprint density at radius 3 is 2.48 bits per heavy atom. The molecule has 2 aromatic carbocycles. The second-order valence-electron chi connectivity index (χ2n) is 5.99. The van der Waals surface area contributed by atoms with Gasteiger partial charge in [0.25, 0.3) is 5.91 Å². The van der Waals surface area contributed by atoms with Crippen LogP contribution in [0.4, 0.5) is 0 Å². The van der Waals surface area contributed by atoms with Gasteiger partial charge in [0.2, 0.25) is 6.10 Å². The lowest BCUT2D eigenvalue weighted by Crippen LogP contribution is -2.49. The summed E-state index contributed by atoms with van der Waals surface area (Å²) in [5.74, 6) is 1.12. The van der Waals surface area contributed by atoms with Gasteiger partial charge in [-0.15, -0.1) is 0 Å². The molecule has 1 amide bonds. The fourth-order valence-corrected chi connectivity index (χ4v) is 2.66. The molecule has 0 aliphatic carbocycles. The molecule has 0 saturated carbocycles. The van der Waals surface area contributed by atoms with Crippen LogP contribution < -0.4 is 14.8 Å². The van der Waals surface area contributed by atoms with Crippen molar-refractivity contribution in [2.45, 2.75) is 32.2 Å². The highest BCUT2D eigenvalue weighted by Crippen LogP contribution is 2.33. The number of hydrogen-bond acceptors (Lipinski definition) is 4. The summed E-state index contributed by atoms with van der Waals surface area (Å²) in [4.78, 5) is 12.3. The standard InChI is InChI=1S/C20H23NO4/c1-15-19(25-18-11-6-5-10-17(18)24-15)20(22)21-12-7-13-23-14-16-8-3-2-4-9-16/h2-6,8-11,15,19H,7,12-14H2,1H3,(H,21,22)/t15-,19+/m1/s1. The molecule has 0 bridgehead atoms. The lowest BCUT2D eigenvalue weighted by Gasteiger charge is -2.31. The van der Waals surface area contributed by atoms with Crippen LogP contribution in [0.1, 0.15) is 18.9 Å². The van der Waals surface area contributed by atoms with Crippen LogP contribution in [0.3, 0.4) is 0 Å². The van der Waals surface area contributed by atoms with Crippen molar-refractivity contribution in [1.29, 1.82) is 0 Å². The van der Waals surface area contributed by atoms with Crippen LogP contribution in [0.25, 0.3) is 0 Å². The van der Waals surface area contributed by atoms with Gasteiger partial charge in [0, 0.05) is 13.2 Å². The van der Waals surface area contributed by atoms with Gasteiger partial charge < -0.3 is 19.5 Å². The van der Waals surface area contributed by atoms with E-state index in [0.29, 0.717) is 31.3 Å². The summed E-state index contributed by atoms with van der Waals surface area (Å²) in [5, 5.41) is 2.89. The number of hydrogen-bond donors (Lipinski definition) is 1. The van der Waals surface area contributed by atoms with Crippen LogP contribution in [0.5, 0.6) is 11.5 Å². The predicted octanol–water partition coefficient (Wildman–Crippen LogP) is 2.94. The van der Waals surface area contributed by atoms with E-state index in [1.165, 1.54) is 0 Å². The van der Waals surface area contributed by atoms with Crippen LogP contribution in [0, 0.1) is 0 Å². The first-order valence-electron chi connectivity index (χ1n) is 8.56. The second-order valence-corrected chi connectivity index (χ2v) is 5.99. The van der Waals surface area contributed by atoms with Crippen molar-refractivity contribution in [1.82, 2.24) is 5.32 Å². The molecule has 25 heavy (non-hydrogen) atoms. The molecule has 132 valence electrons. The highest BCUT2D eigenvalue weighted by Gasteiger charge is 2.33. The zero-order valence-electron chi connectivity index (χ0n) is 14.3. The van der Waals surface area contributed by atoms with Gasteiger partial charge in [-0.05, 0) is 31.0 Å². The largest absolute Gasteiger partial charge is 0.482 e. The molecular formula is C20H23NO4. The fraction of sp³-hybridized carbons (Fsp3) is 0.350. The van der Waals surface area contributed by atoms with Gasteiger partial charge in [0.15, 0.2) is 11.5 Å². The Labute approximate surface area is 147 Å². The summed E-state index contributed by atoms with van der Waals surface area (Å²) >= 11 is 0. The number of fused-ring (bicyclic) bond motifs is 1. The molecule has 3 rings (SSSR count). The Morgan fingerprint density at radius 2 is 1.72 bits per heavy atom. The third kappa shape index (κ3) is 4.73. The van der Waals surface area contributed by atoms with Crippen molar-refractivity contribution < 1.29 is 19.0 Å². The number of carbonyl (C=O) groups excluding carboxylic acids is 1. The number of para-hydroxylation sites is 2. The van der Waals surface area contributed by atoms with Gasteiger partial charge in [0.1, 0.15) is 6.10 Å². The van der Waals surface area contributed by atoms with Crippen molar-refractivity contribution in [3.05, 3.63) is 60.2 Å². The van der Waals surface area contributed by atoms with Gasteiger partial charge in [-0.2, -0.15) is 0 Å². The van der Waals surface area contributed by atoms with Crippen molar-refractivity contribution in [3.8, 4) is 11.5 Å². The van der Waals surface area contributed by atoms with Gasteiger partial charge in [-0.3, -0.25) is 4.79 Å². The molecule has 0 radical (unpaired) electrons. The summed E-state index contributed by atoms with van der Waals surface area (Å²) in [6, 6.07) is 17.4. The van der Waals surface area contributed by atoms with Crippen molar-refractivity contribution in [3.63, 3.8) is 0 Å². The van der Waals surface area contributed by atoms with Crippen molar-refractivity contribution in [2.75, 3.05) is 13.2 Å². The van der Waals surface area contributed by atoms with Crippen molar-refractivity contribution >= 4 is 5.91 Å². The van der Waals surface area contributed by atoms with E-state index in [0.717, 1.165) is 12.0 Å². The van der Waals surface area contributed by atoms with E-state index < -0.39 is 6.10 Å². The second kappa shape index (κ2) is 8.53. The summed E-state index contributed by atoms with van der Waals surface area (Å²) in [6.07, 6.45) is -0.221. The molecule has 2 aromatic rings. The average molecular weight is 341 g/mol. The quantitative estimate of drug-likeness (QED) is 0.787. The Bertz CT molecular complexity index is 689. The maximum Gasteiger partial charge on any atom is 0.265 e. The molecule has 1 N–H and O–H groups in total. The first-order chi connectivity index (χ1) is 12.2. The van der Waals surface area contributed by atoms with Crippen LogP contribution in [0.2, 0.25) is 0 Å². The number of benzene rings is 2. The van der Waals surface area contributed by atoms with E-state index in [-0.39, 0.29) is 12.0 Å². The molecule has 0 unspecified atom stereocenters. The minimum Gasteiger partial charge on any atom is -0.482 e. The zero-order chi connectivity index (χ0) is 17.5. The van der Waals surface area contributed by atoms with E-state index >= 15 is 0 Å². The summed E-state index contributed by atoms with van der Waals surface area (Å²) in [5.41, 5.74) is 1.15. The van der Waals surface area contributed by atoms with E-state index in [2.05, 4.69) is 5.32 Å². The maximum absolute atomic E-state index is 12.3. The van der Waals surface area contributed by atoms with Crippen molar-refractivity contribution in [2.24, 2.45) is 0 Å². The van der Waals surface area contributed by atoms with E-state index in [9.17, 15) is 4.79 Å². The van der Waals surface area contributed by atoms with Crippen LogP contribution in [-0.4, -0.2) is 31.3 Å². The highest BCUT2D eigenvalue weighted by atomic mass is 16.6. The summed E-state index contributed by atoms with van der Waals surface area (Å²) in [6.45, 7) is 3.56. The fourth-order valence-electron chi connectivity index (χ4n) is 2.66. The highest BCUT2D eigenvalue weighted by molar-refractivity contribution is 5.82. The van der Waals surface area contributed by atoms with Gasteiger partial charge >= 0.3 is 0 Å². The molecule has 0 spiro atoms. The molecule has 1 aliphatic heterocycles.